The molecule has 0 saturated carbocycles. The van der Waals surface area contributed by atoms with E-state index in [1.807, 2.05) is 0 Å². The quantitative estimate of drug-likeness (QED) is 0.734. The predicted octanol–water partition coefficient (Wildman–Crippen LogP) is 2.10. The van der Waals surface area contributed by atoms with Crippen LogP contribution in [0, 0.1) is 0 Å². The van der Waals surface area contributed by atoms with Crippen molar-refractivity contribution in [1.82, 2.24) is 15.2 Å². The van der Waals surface area contributed by atoms with Crippen LogP contribution in [0.15, 0.2) is 18.2 Å². The van der Waals surface area contributed by atoms with Gasteiger partial charge >= 0.3 is 0 Å². The summed E-state index contributed by atoms with van der Waals surface area (Å²) in [6.07, 6.45) is 0. The Kier molecular flexibility index (Phi) is 5.48. The lowest BCUT2D eigenvalue weighted by molar-refractivity contribution is -0.134. The third-order valence-electron chi connectivity index (χ3n) is 1.94. The topological polar surface area (TPSA) is 128 Å². The number of hydrogen-bond acceptors (Lipinski definition) is 6. The Morgan fingerprint density at radius 3 is 2.40 bits per heavy atom. The number of aliphatic carboxylic acids is 1. The van der Waals surface area contributed by atoms with E-state index in [1.54, 1.807) is 18.2 Å². The van der Waals surface area contributed by atoms with Gasteiger partial charge in [0.05, 0.1) is 10.0 Å². The van der Waals surface area contributed by atoms with Gasteiger partial charge in [-0.15, -0.1) is 10.2 Å². The molecule has 0 saturated heterocycles. The van der Waals surface area contributed by atoms with E-state index in [0.717, 1.165) is 6.92 Å². The number of anilines is 2. The second-order valence-corrected chi connectivity index (χ2v) is 4.31. The van der Waals surface area contributed by atoms with Crippen LogP contribution in [0.4, 0.5) is 11.8 Å². The second kappa shape index (κ2) is 6.88. The molecule has 9 heteroatoms. The maximum atomic E-state index is 9.00. The zero-order chi connectivity index (χ0) is 15.3. The highest BCUT2D eigenvalue weighted by Gasteiger charge is 2.12. The number of nitrogens with zero attached hydrogens (tertiary/aromatic N) is 3. The molecule has 2 rings (SSSR count). The van der Waals surface area contributed by atoms with Crippen molar-refractivity contribution in [2.45, 2.75) is 6.92 Å². The summed E-state index contributed by atoms with van der Waals surface area (Å²) in [7, 11) is 0. The molecule has 2 aromatic rings. The highest BCUT2D eigenvalue weighted by Crippen LogP contribution is 2.33. The van der Waals surface area contributed by atoms with Crippen LogP contribution >= 0.6 is 23.2 Å². The molecule has 0 bridgehead atoms. The molecule has 20 heavy (non-hydrogen) atoms. The van der Waals surface area contributed by atoms with Gasteiger partial charge in [-0.05, 0) is 6.07 Å². The molecule has 106 valence electrons. The maximum Gasteiger partial charge on any atom is 0.300 e. The van der Waals surface area contributed by atoms with Gasteiger partial charge in [0.1, 0.15) is 5.69 Å². The number of nitrogens with two attached hydrogens (primary N) is 2. The standard InChI is InChI=1S/C9H7Cl2N5.C2H4O2/c10-5-3-1-2-4(6(5)11)7-8(12)14-9(13)16-15-7;1-2(3)4/h1-3H,(H4,12,13,14,16);1H3,(H,3,4). The first-order valence-corrected chi connectivity index (χ1v) is 5.98. The van der Waals surface area contributed by atoms with Gasteiger partial charge in [-0.3, -0.25) is 4.79 Å². The molecule has 0 radical (unpaired) electrons. The minimum atomic E-state index is -0.833. The van der Waals surface area contributed by atoms with Gasteiger partial charge in [0, 0.05) is 12.5 Å². The number of benzene rings is 1. The Bertz CT molecular complexity index is 632. The number of carbonyl (C=O) groups is 1. The van der Waals surface area contributed by atoms with E-state index in [-0.39, 0.29) is 11.8 Å². The molecule has 0 unspecified atom stereocenters. The van der Waals surface area contributed by atoms with Gasteiger partial charge in [-0.25, -0.2) is 0 Å². The summed E-state index contributed by atoms with van der Waals surface area (Å²) in [6.45, 7) is 1.08. The summed E-state index contributed by atoms with van der Waals surface area (Å²) >= 11 is 11.9. The van der Waals surface area contributed by atoms with Crippen molar-refractivity contribution in [2.24, 2.45) is 0 Å². The van der Waals surface area contributed by atoms with Crippen LogP contribution in [0.2, 0.25) is 10.0 Å². The molecule has 0 amide bonds. The molecule has 0 aliphatic rings. The minimum Gasteiger partial charge on any atom is -0.481 e. The Morgan fingerprint density at radius 2 is 1.85 bits per heavy atom. The molecule has 1 heterocycles. The zero-order valence-electron chi connectivity index (χ0n) is 10.3. The highest BCUT2D eigenvalue weighted by molar-refractivity contribution is 6.43. The summed E-state index contributed by atoms with van der Waals surface area (Å²) in [5, 5.41) is 15.7. The van der Waals surface area contributed by atoms with Crippen LogP contribution in [-0.2, 0) is 4.79 Å². The fourth-order valence-corrected chi connectivity index (χ4v) is 1.62. The first-order valence-electron chi connectivity index (χ1n) is 5.22. The van der Waals surface area contributed by atoms with Gasteiger partial charge in [0.15, 0.2) is 5.82 Å². The molecule has 7 nitrogen and oxygen atoms in total. The van der Waals surface area contributed by atoms with Crippen molar-refractivity contribution in [3.63, 3.8) is 0 Å². The van der Waals surface area contributed by atoms with Crippen molar-refractivity contribution >= 4 is 40.9 Å². The predicted molar refractivity (Wildman–Crippen MR) is 77.4 cm³/mol. The normalized spacial score (nSPS) is 9.55. The summed E-state index contributed by atoms with van der Waals surface area (Å²) in [4.78, 5) is 12.8. The molecule has 5 N–H and O–H groups in total. The monoisotopic (exact) mass is 315 g/mol. The molecular weight excluding hydrogens is 305 g/mol. The van der Waals surface area contributed by atoms with Crippen LogP contribution < -0.4 is 11.5 Å². The third-order valence-corrected chi connectivity index (χ3v) is 2.76. The zero-order valence-corrected chi connectivity index (χ0v) is 11.9. The number of nitrogen functional groups attached to an aromatic ring is 2. The van der Waals surface area contributed by atoms with E-state index in [4.69, 9.17) is 44.6 Å². The van der Waals surface area contributed by atoms with Crippen molar-refractivity contribution in [3.05, 3.63) is 28.2 Å². The number of hydrogen-bond donors (Lipinski definition) is 3. The van der Waals surface area contributed by atoms with Gasteiger partial charge in [-0.1, -0.05) is 35.3 Å². The van der Waals surface area contributed by atoms with Gasteiger partial charge in [0.25, 0.3) is 5.97 Å². The largest absolute Gasteiger partial charge is 0.481 e. The Balaban J connectivity index is 0.000000444. The summed E-state index contributed by atoms with van der Waals surface area (Å²) in [6, 6.07) is 5.13. The maximum absolute atomic E-state index is 9.00. The van der Waals surface area contributed by atoms with E-state index in [1.165, 1.54) is 0 Å². The first kappa shape index (κ1) is 15.9. The molecular formula is C11H11Cl2N5O2. The highest BCUT2D eigenvalue weighted by atomic mass is 35.5. The SMILES string of the molecule is CC(=O)O.Nc1nnc(-c2cccc(Cl)c2Cl)c(N)n1. The van der Waals surface area contributed by atoms with E-state index < -0.39 is 5.97 Å². The number of rotatable bonds is 1. The van der Waals surface area contributed by atoms with Gasteiger partial charge < -0.3 is 16.6 Å². The average molecular weight is 316 g/mol. The molecule has 1 aromatic heterocycles. The third kappa shape index (κ3) is 4.22. The van der Waals surface area contributed by atoms with Crippen LogP contribution in [0.25, 0.3) is 11.3 Å². The molecule has 0 aliphatic carbocycles. The van der Waals surface area contributed by atoms with Crippen molar-refractivity contribution < 1.29 is 9.90 Å². The Morgan fingerprint density at radius 1 is 1.25 bits per heavy atom. The molecule has 0 fully saturated rings. The number of aromatic nitrogens is 3. The average Bonchev–Trinajstić information content (AvgIpc) is 2.33. The van der Waals surface area contributed by atoms with Gasteiger partial charge in [0.2, 0.25) is 5.95 Å². The second-order valence-electron chi connectivity index (χ2n) is 3.52. The fraction of sp³-hybridized carbons (Fsp3) is 0.0909. The lowest BCUT2D eigenvalue weighted by atomic mass is 10.1. The summed E-state index contributed by atoms with van der Waals surface area (Å²) in [5.74, 6) is -0.656. The number of halogens is 2. The summed E-state index contributed by atoms with van der Waals surface area (Å²) < 4.78 is 0. The van der Waals surface area contributed by atoms with Crippen LogP contribution in [0.5, 0.6) is 0 Å². The van der Waals surface area contributed by atoms with Crippen molar-refractivity contribution in [3.8, 4) is 11.3 Å². The van der Waals surface area contributed by atoms with Crippen molar-refractivity contribution in [1.29, 1.82) is 0 Å². The van der Waals surface area contributed by atoms with E-state index in [2.05, 4.69) is 15.2 Å². The van der Waals surface area contributed by atoms with Crippen LogP contribution in [0.3, 0.4) is 0 Å². The van der Waals surface area contributed by atoms with Gasteiger partial charge in [-0.2, -0.15) is 4.98 Å². The van der Waals surface area contributed by atoms with Crippen LogP contribution in [0.1, 0.15) is 6.92 Å². The molecule has 0 aliphatic heterocycles. The lowest BCUT2D eigenvalue weighted by Crippen LogP contribution is -2.04. The molecule has 0 spiro atoms. The van der Waals surface area contributed by atoms with E-state index in [9.17, 15) is 0 Å². The Labute approximate surface area is 124 Å². The van der Waals surface area contributed by atoms with E-state index >= 15 is 0 Å². The minimum absolute atomic E-state index is 0.0133. The lowest BCUT2D eigenvalue weighted by Gasteiger charge is -2.06. The Hall–Kier alpha value is -2.12. The smallest absolute Gasteiger partial charge is 0.300 e. The van der Waals surface area contributed by atoms with Crippen LogP contribution in [-0.4, -0.2) is 26.3 Å². The van der Waals surface area contributed by atoms with Crippen molar-refractivity contribution in [2.75, 3.05) is 11.5 Å². The summed E-state index contributed by atoms with van der Waals surface area (Å²) in [5.41, 5.74) is 12.0. The first-order chi connectivity index (χ1) is 9.32. The number of carboxylic acid groups (broad SMARTS) is 1. The van der Waals surface area contributed by atoms with E-state index in [0.29, 0.717) is 21.3 Å². The molecule has 0 atom stereocenters. The fourth-order valence-electron chi connectivity index (χ4n) is 1.23. The molecule has 1 aromatic carbocycles. The number of carboxylic acids is 1.